The molecule has 1 heterocycles. The van der Waals surface area contributed by atoms with E-state index in [0.29, 0.717) is 43.4 Å². The van der Waals surface area contributed by atoms with Gasteiger partial charge in [-0.2, -0.15) is 0 Å². The van der Waals surface area contributed by atoms with Crippen LogP contribution in [0.4, 0.5) is 4.39 Å². The van der Waals surface area contributed by atoms with Gasteiger partial charge >= 0.3 is 0 Å². The van der Waals surface area contributed by atoms with Crippen LogP contribution in [0.25, 0.3) is 11.1 Å². The molecule has 4 nitrogen and oxygen atoms in total. The van der Waals surface area contributed by atoms with Gasteiger partial charge in [0.15, 0.2) is 0 Å². The van der Waals surface area contributed by atoms with Gasteiger partial charge in [-0.15, -0.1) is 0 Å². The average molecular weight is 495 g/mol. The maximum absolute atomic E-state index is 16.9. The van der Waals surface area contributed by atoms with Crippen molar-refractivity contribution in [2.24, 2.45) is 0 Å². The van der Waals surface area contributed by atoms with E-state index in [1.165, 1.54) is 0 Å². The second kappa shape index (κ2) is 10.9. The number of rotatable bonds is 6. The summed E-state index contributed by atoms with van der Waals surface area (Å²) in [6, 6.07) is 13.9. The highest BCUT2D eigenvalue weighted by Gasteiger charge is 2.44. The van der Waals surface area contributed by atoms with Crippen molar-refractivity contribution in [1.29, 1.82) is 0 Å². The van der Waals surface area contributed by atoms with Gasteiger partial charge in [0.1, 0.15) is 5.82 Å². The van der Waals surface area contributed by atoms with E-state index in [-0.39, 0.29) is 11.7 Å². The molecule has 5 rings (SSSR count). The van der Waals surface area contributed by atoms with Gasteiger partial charge in [0, 0.05) is 49.8 Å². The van der Waals surface area contributed by atoms with Gasteiger partial charge in [-0.05, 0) is 43.9 Å². The van der Waals surface area contributed by atoms with Crippen LogP contribution >= 0.6 is 0 Å². The van der Waals surface area contributed by atoms with E-state index in [9.17, 15) is 10.2 Å². The number of nitrogens with zero attached hydrogens (tertiary/aromatic N) is 2. The number of benzene rings is 2. The summed E-state index contributed by atoms with van der Waals surface area (Å²) in [5, 5.41) is 23.8. The number of piperazine rings is 1. The van der Waals surface area contributed by atoms with Crippen molar-refractivity contribution in [3.63, 3.8) is 0 Å². The molecule has 0 bridgehead atoms. The molecule has 2 saturated carbocycles. The molecular weight excluding hydrogens is 451 g/mol. The summed E-state index contributed by atoms with van der Waals surface area (Å²) in [7, 11) is 2.14. The first-order valence-corrected chi connectivity index (χ1v) is 14.1. The summed E-state index contributed by atoms with van der Waals surface area (Å²) in [5.41, 5.74) is 0.797. The topological polar surface area (TPSA) is 46.9 Å². The average Bonchev–Trinajstić information content (AvgIpc) is 2.89. The molecule has 1 unspecified atom stereocenters. The third-order valence-corrected chi connectivity index (χ3v) is 9.20. The molecule has 0 aromatic heterocycles. The molecule has 2 N–H and O–H groups in total. The zero-order chi connectivity index (χ0) is 25.2. The van der Waals surface area contributed by atoms with Crippen molar-refractivity contribution in [2.45, 2.75) is 81.3 Å². The Hall–Kier alpha value is -1.79. The minimum Gasteiger partial charge on any atom is -0.389 e. The minimum atomic E-state index is -1.13. The molecule has 3 fully saturated rings. The van der Waals surface area contributed by atoms with E-state index in [1.54, 1.807) is 0 Å². The van der Waals surface area contributed by atoms with Gasteiger partial charge in [0.25, 0.3) is 0 Å². The van der Waals surface area contributed by atoms with E-state index in [4.69, 9.17) is 0 Å². The highest BCUT2D eigenvalue weighted by Crippen LogP contribution is 2.47. The van der Waals surface area contributed by atoms with E-state index in [0.717, 1.165) is 75.8 Å². The molecule has 1 aliphatic heterocycles. The molecule has 5 heteroatoms. The molecule has 2 aromatic rings. The second-order valence-electron chi connectivity index (χ2n) is 11.7. The second-order valence-corrected chi connectivity index (χ2v) is 11.7. The lowest BCUT2D eigenvalue weighted by atomic mass is 9.69. The molecule has 196 valence electrons. The zero-order valence-electron chi connectivity index (χ0n) is 21.9. The van der Waals surface area contributed by atoms with Crippen LogP contribution in [0.5, 0.6) is 0 Å². The Morgan fingerprint density at radius 1 is 0.806 bits per heavy atom. The Labute approximate surface area is 216 Å². The van der Waals surface area contributed by atoms with Crippen LogP contribution in [0.2, 0.25) is 0 Å². The standard InChI is InChI=1S/C31H43FN2O2/c1-33-19-21-34(22-20-33)23-27(31(36)17-9-4-10-18-31)28-25(24-11-5-2-6-12-24)13-14-26(29(28)32)30(35)15-7-3-8-16-30/h2,5-6,11-14,27,35-36H,3-4,7-10,15-23H2,1H3. The smallest absolute Gasteiger partial charge is 0.133 e. The number of halogens is 1. The molecule has 2 aliphatic carbocycles. The maximum Gasteiger partial charge on any atom is 0.133 e. The first kappa shape index (κ1) is 25.8. The van der Waals surface area contributed by atoms with Crippen molar-refractivity contribution in [3.05, 3.63) is 59.4 Å². The van der Waals surface area contributed by atoms with Crippen molar-refractivity contribution in [1.82, 2.24) is 9.80 Å². The quantitative estimate of drug-likeness (QED) is 0.543. The summed E-state index contributed by atoms with van der Waals surface area (Å²) in [6.45, 7) is 4.46. The van der Waals surface area contributed by atoms with Crippen molar-refractivity contribution >= 4 is 0 Å². The fourth-order valence-electron chi connectivity index (χ4n) is 6.90. The highest BCUT2D eigenvalue weighted by molar-refractivity contribution is 5.69. The molecule has 1 atom stereocenters. The van der Waals surface area contributed by atoms with Crippen LogP contribution in [0.15, 0.2) is 42.5 Å². The normalized spacial score (nSPS) is 23.9. The van der Waals surface area contributed by atoms with Crippen LogP contribution in [0.1, 0.15) is 81.3 Å². The third kappa shape index (κ3) is 5.26. The monoisotopic (exact) mass is 494 g/mol. The van der Waals surface area contributed by atoms with E-state index >= 15 is 4.39 Å². The first-order chi connectivity index (χ1) is 17.4. The predicted molar refractivity (Wildman–Crippen MR) is 144 cm³/mol. The zero-order valence-corrected chi connectivity index (χ0v) is 21.9. The Kier molecular flexibility index (Phi) is 7.83. The lowest BCUT2D eigenvalue weighted by Gasteiger charge is -2.44. The SMILES string of the molecule is CN1CCN(CC(c2c(-c3ccccc3)ccc(C3(O)CCCCC3)c2F)C2(O)CCCCC2)CC1. The van der Waals surface area contributed by atoms with Gasteiger partial charge in [-0.25, -0.2) is 4.39 Å². The molecule has 3 aliphatic rings. The molecule has 36 heavy (non-hydrogen) atoms. The molecule has 0 radical (unpaired) electrons. The summed E-state index contributed by atoms with van der Waals surface area (Å²) in [4.78, 5) is 4.74. The minimum absolute atomic E-state index is 0.293. The summed E-state index contributed by atoms with van der Waals surface area (Å²) in [6.07, 6.45) is 8.59. The number of aliphatic hydroxyl groups is 2. The third-order valence-electron chi connectivity index (χ3n) is 9.20. The maximum atomic E-state index is 16.9. The Bertz CT molecular complexity index is 1010. The fourth-order valence-corrected chi connectivity index (χ4v) is 6.90. The fraction of sp³-hybridized carbons (Fsp3) is 0.613. The first-order valence-electron chi connectivity index (χ1n) is 14.1. The van der Waals surface area contributed by atoms with Gasteiger partial charge in [0.05, 0.1) is 11.2 Å². The Balaban J connectivity index is 1.65. The van der Waals surface area contributed by atoms with Crippen LogP contribution in [-0.2, 0) is 5.60 Å². The van der Waals surface area contributed by atoms with Crippen LogP contribution < -0.4 is 0 Å². The van der Waals surface area contributed by atoms with E-state index in [1.807, 2.05) is 42.5 Å². The number of hydrogen-bond acceptors (Lipinski definition) is 4. The molecule has 0 amide bonds. The van der Waals surface area contributed by atoms with Gasteiger partial charge in [-0.3, -0.25) is 0 Å². The predicted octanol–water partition coefficient (Wildman–Crippen LogP) is 5.67. The molecular formula is C31H43FN2O2. The lowest BCUT2D eigenvalue weighted by molar-refractivity contribution is -0.0353. The Morgan fingerprint density at radius 2 is 1.42 bits per heavy atom. The van der Waals surface area contributed by atoms with Crippen molar-refractivity contribution < 1.29 is 14.6 Å². The largest absolute Gasteiger partial charge is 0.389 e. The van der Waals surface area contributed by atoms with E-state index in [2.05, 4.69) is 16.8 Å². The molecule has 1 saturated heterocycles. The molecule has 2 aromatic carbocycles. The number of hydrogen-bond donors (Lipinski definition) is 2. The van der Waals surface area contributed by atoms with Gasteiger partial charge in [-0.1, -0.05) is 81.0 Å². The Morgan fingerprint density at radius 3 is 2.06 bits per heavy atom. The van der Waals surface area contributed by atoms with Crippen molar-refractivity contribution in [3.8, 4) is 11.1 Å². The van der Waals surface area contributed by atoms with Gasteiger partial charge < -0.3 is 20.0 Å². The van der Waals surface area contributed by atoms with Crippen LogP contribution in [0, 0.1) is 5.82 Å². The van der Waals surface area contributed by atoms with Gasteiger partial charge in [0.2, 0.25) is 0 Å². The number of likely N-dealkylation sites (N-methyl/N-ethyl adjacent to an activating group) is 1. The summed E-state index contributed by atoms with van der Waals surface area (Å²) < 4.78 is 16.9. The highest BCUT2D eigenvalue weighted by atomic mass is 19.1. The van der Waals surface area contributed by atoms with E-state index < -0.39 is 11.2 Å². The lowest BCUT2D eigenvalue weighted by Crippen LogP contribution is -2.50. The van der Waals surface area contributed by atoms with Crippen LogP contribution in [0.3, 0.4) is 0 Å². The van der Waals surface area contributed by atoms with Crippen LogP contribution in [-0.4, -0.2) is 65.4 Å². The summed E-state index contributed by atoms with van der Waals surface area (Å²) >= 11 is 0. The van der Waals surface area contributed by atoms with Crippen molar-refractivity contribution in [2.75, 3.05) is 39.8 Å². The molecule has 0 spiro atoms. The summed E-state index contributed by atoms with van der Waals surface area (Å²) in [5.74, 6) is -0.637.